The van der Waals surface area contributed by atoms with Crippen LogP contribution in [0, 0.1) is 5.82 Å². The largest absolute Gasteiger partial charge is 0.469 e. The summed E-state index contributed by atoms with van der Waals surface area (Å²) in [5.74, 6) is -1.39. The van der Waals surface area contributed by atoms with Crippen molar-refractivity contribution in [3.8, 4) is 0 Å². The zero-order valence-corrected chi connectivity index (χ0v) is 12.4. The minimum absolute atomic E-state index is 0.0269. The maximum absolute atomic E-state index is 13.0. The van der Waals surface area contributed by atoms with Gasteiger partial charge in [0.25, 0.3) is 5.91 Å². The van der Waals surface area contributed by atoms with Gasteiger partial charge < -0.3 is 10.1 Å². The van der Waals surface area contributed by atoms with E-state index in [0.29, 0.717) is 6.42 Å². The Bertz CT molecular complexity index is 521. The number of carbonyl (C=O) groups excluding carboxylic acids is 2. The van der Waals surface area contributed by atoms with E-state index in [-0.39, 0.29) is 17.0 Å². The summed E-state index contributed by atoms with van der Waals surface area (Å²) in [4.78, 5) is 23.5. The van der Waals surface area contributed by atoms with Gasteiger partial charge >= 0.3 is 5.97 Å². The van der Waals surface area contributed by atoms with Crippen molar-refractivity contribution in [1.29, 1.82) is 0 Å². The molecule has 0 saturated heterocycles. The van der Waals surface area contributed by atoms with E-state index in [4.69, 9.17) is 11.6 Å². The zero-order valence-electron chi connectivity index (χ0n) is 11.6. The second kappa shape index (κ2) is 6.70. The van der Waals surface area contributed by atoms with Gasteiger partial charge in [-0.2, -0.15) is 0 Å². The molecular formula is C14H17ClFNO3. The molecule has 6 heteroatoms. The lowest BCUT2D eigenvalue weighted by atomic mass is 9.94. The van der Waals surface area contributed by atoms with E-state index >= 15 is 0 Å². The van der Waals surface area contributed by atoms with Crippen LogP contribution in [0.4, 0.5) is 4.39 Å². The van der Waals surface area contributed by atoms with Gasteiger partial charge in [0.1, 0.15) is 5.82 Å². The molecule has 0 fully saturated rings. The molecule has 0 aliphatic heterocycles. The van der Waals surface area contributed by atoms with E-state index in [1.807, 2.05) is 6.92 Å². The van der Waals surface area contributed by atoms with Crippen LogP contribution in [0.5, 0.6) is 0 Å². The van der Waals surface area contributed by atoms with E-state index in [2.05, 4.69) is 10.1 Å². The first-order valence-electron chi connectivity index (χ1n) is 6.15. The van der Waals surface area contributed by atoms with Gasteiger partial charge in [0.2, 0.25) is 0 Å². The van der Waals surface area contributed by atoms with Gasteiger partial charge in [0, 0.05) is 5.54 Å². The number of hydrogen-bond donors (Lipinski definition) is 1. The highest BCUT2D eigenvalue weighted by atomic mass is 35.5. The first kappa shape index (κ1) is 16.4. The molecule has 1 rings (SSSR count). The smallest absolute Gasteiger partial charge is 0.307 e. The molecule has 1 amide bonds. The Morgan fingerprint density at radius 1 is 1.45 bits per heavy atom. The van der Waals surface area contributed by atoms with Crippen molar-refractivity contribution < 1.29 is 18.7 Å². The molecule has 0 spiro atoms. The average Bonchev–Trinajstić information content (AvgIpc) is 2.38. The number of hydrogen-bond acceptors (Lipinski definition) is 3. The summed E-state index contributed by atoms with van der Waals surface area (Å²) in [7, 11) is 1.29. The molecule has 0 aromatic heterocycles. The summed E-state index contributed by atoms with van der Waals surface area (Å²) >= 11 is 5.84. The van der Waals surface area contributed by atoms with Crippen molar-refractivity contribution >= 4 is 23.5 Å². The van der Waals surface area contributed by atoms with Crippen molar-refractivity contribution in [3.05, 3.63) is 34.6 Å². The molecule has 0 aliphatic carbocycles. The minimum Gasteiger partial charge on any atom is -0.469 e. The summed E-state index contributed by atoms with van der Waals surface area (Å²) in [5.41, 5.74) is -0.584. The van der Waals surface area contributed by atoms with Crippen molar-refractivity contribution in [3.63, 3.8) is 0 Å². The lowest BCUT2D eigenvalue weighted by molar-refractivity contribution is -0.142. The van der Waals surface area contributed by atoms with Gasteiger partial charge in [-0.1, -0.05) is 18.5 Å². The van der Waals surface area contributed by atoms with Gasteiger partial charge in [-0.25, -0.2) is 4.39 Å². The van der Waals surface area contributed by atoms with Crippen LogP contribution < -0.4 is 5.32 Å². The summed E-state index contributed by atoms with van der Waals surface area (Å²) in [6.45, 7) is 3.58. The summed E-state index contributed by atoms with van der Waals surface area (Å²) < 4.78 is 17.6. The van der Waals surface area contributed by atoms with Crippen LogP contribution in [0.3, 0.4) is 0 Å². The maximum Gasteiger partial charge on any atom is 0.307 e. The van der Waals surface area contributed by atoms with Crippen LogP contribution in [0.2, 0.25) is 5.02 Å². The predicted molar refractivity (Wildman–Crippen MR) is 74.2 cm³/mol. The van der Waals surface area contributed by atoms with E-state index in [0.717, 1.165) is 12.1 Å². The Kier molecular flexibility index (Phi) is 5.51. The highest BCUT2D eigenvalue weighted by Gasteiger charge is 2.29. The number of esters is 1. The predicted octanol–water partition coefficient (Wildman–Crippen LogP) is 2.94. The number of benzene rings is 1. The molecule has 1 unspecified atom stereocenters. The molecule has 0 saturated carbocycles. The van der Waals surface area contributed by atoms with Crippen LogP contribution >= 0.6 is 11.6 Å². The van der Waals surface area contributed by atoms with Crippen LogP contribution in [0.1, 0.15) is 37.0 Å². The molecule has 20 heavy (non-hydrogen) atoms. The number of methoxy groups -OCH3 is 1. The number of halogens is 2. The number of ether oxygens (including phenoxy) is 1. The third kappa shape index (κ3) is 4.20. The number of carbonyl (C=O) groups is 2. The molecule has 4 nitrogen and oxygen atoms in total. The molecule has 1 N–H and O–H groups in total. The molecule has 1 aromatic rings. The van der Waals surface area contributed by atoms with Crippen LogP contribution in [-0.4, -0.2) is 24.5 Å². The Morgan fingerprint density at radius 3 is 2.60 bits per heavy atom. The van der Waals surface area contributed by atoms with Crippen molar-refractivity contribution in [2.24, 2.45) is 0 Å². The Morgan fingerprint density at radius 2 is 2.10 bits per heavy atom. The van der Waals surface area contributed by atoms with E-state index in [9.17, 15) is 14.0 Å². The lowest BCUT2D eigenvalue weighted by Crippen LogP contribution is -2.47. The first-order chi connectivity index (χ1) is 9.31. The molecule has 1 aromatic carbocycles. The molecule has 0 aliphatic rings. The molecule has 110 valence electrons. The van der Waals surface area contributed by atoms with E-state index in [1.165, 1.54) is 13.2 Å². The lowest BCUT2D eigenvalue weighted by Gasteiger charge is -2.28. The molecule has 0 radical (unpaired) electrons. The molecule has 0 heterocycles. The summed E-state index contributed by atoms with van der Waals surface area (Å²) in [5, 5.41) is 2.77. The van der Waals surface area contributed by atoms with Crippen molar-refractivity contribution in [1.82, 2.24) is 5.32 Å². The van der Waals surface area contributed by atoms with Gasteiger partial charge in [0.15, 0.2) is 0 Å². The Balaban J connectivity index is 2.89. The number of nitrogens with one attached hydrogen (secondary N) is 1. The molecular weight excluding hydrogens is 285 g/mol. The quantitative estimate of drug-likeness (QED) is 0.851. The summed E-state index contributed by atoms with van der Waals surface area (Å²) in [6.07, 6.45) is 0.581. The fourth-order valence-electron chi connectivity index (χ4n) is 1.66. The second-order valence-corrected chi connectivity index (χ2v) is 5.15. The van der Waals surface area contributed by atoms with Crippen LogP contribution in [-0.2, 0) is 9.53 Å². The van der Waals surface area contributed by atoms with Crippen LogP contribution in [0.15, 0.2) is 18.2 Å². The van der Waals surface area contributed by atoms with Crippen LogP contribution in [0.25, 0.3) is 0 Å². The Hall–Kier alpha value is -1.62. The SMILES string of the molecule is CCC(C)(CC(=O)OC)NC(=O)c1ccc(F)cc1Cl. The maximum atomic E-state index is 13.0. The van der Waals surface area contributed by atoms with Crippen molar-refractivity contribution in [2.75, 3.05) is 7.11 Å². The average molecular weight is 302 g/mol. The second-order valence-electron chi connectivity index (χ2n) is 4.75. The van der Waals surface area contributed by atoms with Gasteiger partial charge in [-0.15, -0.1) is 0 Å². The third-order valence-electron chi connectivity index (χ3n) is 3.13. The normalized spacial score (nSPS) is 13.4. The minimum atomic E-state index is -0.748. The van der Waals surface area contributed by atoms with E-state index in [1.54, 1.807) is 6.92 Å². The van der Waals surface area contributed by atoms with Gasteiger partial charge in [-0.3, -0.25) is 9.59 Å². The molecule has 1 atom stereocenters. The fourth-order valence-corrected chi connectivity index (χ4v) is 1.92. The number of rotatable bonds is 5. The highest BCUT2D eigenvalue weighted by molar-refractivity contribution is 6.33. The summed E-state index contributed by atoms with van der Waals surface area (Å²) in [6, 6.07) is 3.53. The van der Waals surface area contributed by atoms with Crippen molar-refractivity contribution in [2.45, 2.75) is 32.2 Å². The van der Waals surface area contributed by atoms with Gasteiger partial charge in [-0.05, 0) is 31.5 Å². The highest BCUT2D eigenvalue weighted by Crippen LogP contribution is 2.20. The van der Waals surface area contributed by atoms with E-state index < -0.39 is 23.2 Å². The monoisotopic (exact) mass is 301 g/mol. The number of amides is 1. The molecule has 0 bridgehead atoms. The fraction of sp³-hybridized carbons (Fsp3) is 0.429. The standard InChI is InChI=1S/C14H17ClFNO3/c1-4-14(2,8-12(18)20-3)17-13(19)10-6-5-9(16)7-11(10)15/h5-7H,4,8H2,1-3H3,(H,17,19). The third-order valence-corrected chi connectivity index (χ3v) is 3.45. The zero-order chi connectivity index (χ0) is 15.3. The first-order valence-corrected chi connectivity index (χ1v) is 6.53. The topological polar surface area (TPSA) is 55.4 Å². The Labute approximate surface area is 122 Å². The van der Waals surface area contributed by atoms with Gasteiger partial charge in [0.05, 0.1) is 24.1 Å².